The molecule has 11 rings (SSSR count). The molecule has 0 N–H and O–H groups in total. The molecule has 0 bridgehead atoms. The number of para-hydroxylation sites is 2. The summed E-state index contributed by atoms with van der Waals surface area (Å²) in [5.41, 5.74) is 15.6. The van der Waals surface area contributed by atoms with Crippen LogP contribution in [0.2, 0.25) is 0 Å². The summed E-state index contributed by atoms with van der Waals surface area (Å²) in [6, 6.07) is 77.2. The van der Waals surface area contributed by atoms with Gasteiger partial charge in [-0.1, -0.05) is 170 Å². The summed E-state index contributed by atoms with van der Waals surface area (Å²) in [6.45, 7) is -0.0718. The zero-order valence-corrected chi connectivity index (χ0v) is 31.6. The minimum Gasteiger partial charge on any atom is -0.458 e. The van der Waals surface area contributed by atoms with Crippen LogP contribution < -0.4 is 30.8 Å². The van der Waals surface area contributed by atoms with Gasteiger partial charge in [-0.2, -0.15) is 0 Å². The van der Waals surface area contributed by atoms with E-state index in [2.05, 4.69) is 211 Å². The second-order valence-electron chi connectivity index (χ2n) is 14.9. The standard InChI is InChI=1S/C54H36BNO2/c1-5-13-37(14-6-1)39-21-25-41(26-22-39)43-29-31-48-50(33-43)57-52-35-47(56(45-17-9-3-10-18-45)46-19-11-4-12-20-46)36-53-54(52)55(48)49-32-30-44(34-51(49)58-53)42-27-23-40(24-28-42)38-15-7-2-8-16-38/h1-36H. The Morgan fingerprint density at radius 2 is 0.603 bits per heavy atom. The fourth-order valence-electron chi connectivity index (χ4n) is 8.54. The van der Waals surface area contributed by atoms with E-state index in [0.717, 1.165) is 78.7 Å². The molecule has 0 saturated carbocycles. The van der Waals surface area contributed by atoms with Gasteiger partial charge in [0.15, 0.2) is 0 Å². The van der Waals surface area contributed by atoms with E-state index in [9.17, 15) is 0 Å². The van der Waals surface area contributed by atoms with Crippen molar-refractivity contribution in [1.29, 1.82) is 0 Å². The van der Waals surface area contributed by atoms with Crippen LogP contribution in [-0.2, 0) is 0 Å². The highest BCUT2D eigenvalue weighted by Crippen LogP contribution is 2.43. The van der Waals surface area contributed by atoms with E-state index in [4.69, 9.17) is 9.47 Å². The molecule has 58 heavy (non-hydrogen) atoms. The lowest BCUT2D eigenvalue weighted by atomic mass is 9.34. The van der Waals surface area contributed by atoms with E-state index in [1.807, 2.05) is 12.1 Å². The highest BCUT2D eigenvalue weighted by atomic mass is 16.5. The van der Waals surface area contributed by atoms with Crippen LogP contribution in [0.5, 0.6) is 23.0 Å². The van der Waals surface area contributed by atoms with Crippen LogP contribution in [-0.4, -0.2) is 6.71 Å². The molecule has 0 amide bonds. The lowest BCUT2D eigenvalue weighted by molar-refractivity contribution is 0.465. The molecule has 2 heterocycles. The SMILES string of the molecule is c1ccc(-c2ccc(-c3ccc4c(c3)Oc3cc(N(c5ccccc5)c5ccccc5)cc5c3B4c3ccc(-c4ccc(-c6ccccc6)cc4)cc3O5)cc2)cc1. The van der Waals surface area contributed by atoms with Crippen molar-refractivity contribution >= 4 is 40.2 Å². The number of anilines is 3. The van der Waals surface area contributed by atoms with Crippen molar-refractivity contribution < 1.29 is 9.47 Å². The average Bonchev–Trinajstić information content (AvgIpc) is 3.30. The van der Waals surface area contributed by atoms with Crippen molar-refractivity contribution in [2.75, 3.05) is 4.90 Å². The summed E-state index contributed by atoms with van der Waals surface area (Å²) >= 11 is 0. The predicted molar refractivity (Wildman–Crippen MR) is 241 cm³/mol. The van der Waals surface area contributed by atoms with Gasteiger partial charge in [0, 0.05) is 29.0 Å². The number of rotatable bonds is 7. The van der Waals surface area contributed by atoms with Crippen LogP contribution >= 0.6 is 0 Å². The van der Waals surface area contributed by atoms with Gasteiger partial charge in [-0.15, -0.1) is 0 Å². The third-order valence-electron chi connectivity index (χ3n) is 11.4. The number of hydrogen-bond donors (Lipinski definition) is 0. The molecule has 3 nitrogen and oxygen atoms in total. The van der Waals surface area contributed by atoms with Crippen molar-refractivity contribution in [3.63, 3.8) is 0 Å². The van der Waals surface area contributed by atoms with E-state index in [1.54, 1.807) is 0 Å². The molecular formula is C54H36BNO2. The van der Waals surface area contributed by atoms with Gasteiger partial charge in [0.1, 0.15) is 23.0 Å². The number of fused-ring (bicyclic) bond motifs is 4. The van der Waals surface area contributed by atoms with Crippen molar-refractivity contribution in [3.8, 4) is 67.5 Å². The van der Waals surface area contributed by atoms with Crippen LogP contribution in [0.3, 0.4) is 0 Å². The summed E-state index contributed by atoms with van der Waals surface area (Å²) in [7, 11) is 0. The number of benzene rings is 9. The molecule has 2 aliphatic rings. The van der Waals surface area contributed by atoms with E-state index in [1.165, 1.54) is 22.3 Å². The van der Waals surface area contributed by atoms with Crippen LogP contribution in [0.25, 0.3) is 44.5 Å². The van der Waals surface area contributed by atoms with Crippen LogP contribution in [0.15, 0.2) is 218 Å². The summed E-state index contributed by atoms with van der Waals surface area (Å²) in [5.74, 6) is 3.30. The first-order chi connectivity index (χ1) is 28.7. The molecule has 272 valence electrons. The third kappa shape index (κ3) is 6.03. The Labute approximate surface area is 339 Å². The lowest BCUT2D eigenvalue weighted by Crippen LogP contribution is -2.57. The van der Waals surface area contributed by atoms with Crippen molar-refractivity contribution in [1.82, 2.24) is 0 Å². The topological polar surface area (TPSA) is 21.7 Å². The minimum absolute atomic E-state index is 0.0718. The quantitative estimate of drug-likeness (QED) is 0.152. The highest BCUT2D eigenvalue weighted by Gasteiger charge is 2.41. The van der Waals surface area contributed by atoms with Gasteiger partial charge in [-0.25, -0.2) is 0 Å². The molecule has 9 aromatic rings. The van der Waals surface area contributed by atoms with Gasteiger partial charge in [0.2, 0.25) is 0 Å². The zero-order valence-electron chi connectivity index (χ0n) is 31.6. The smallest absolute Gasteiger partial charge is 0.260 e. The van der Waals surface area contributed by atoms with Crippen molar-refractivity contribution in [3.05, 3.63) is 218 Å². The largest absolute Gasteiger partial charge is 0.458 e. The molecule has 0 fully saturated rings. The Kier molecular flexibility index (Phi) is 8.26. The monoisotopic (exact) mass is 741 g/mol. The van der Waals surface area contributed by atoms with E-state index in [-0.39, 0.29) is 6.71 Å². The molecule has 0 radical (unpaired) electrons. The van der Waals surface area contributed by atoms with Gasteiger partial charge >= 0.3 is 0 Å². The summed E-state index contributed by atoms with van der Waals surface area (Å²) in [5, 5.41) is 0. The first-order valence-electron chi connectivity index (χ1n) is 19.8. The first-order valence-corrected chi connectivity index (χ1v) is 19.8. The van der Waals surface area contributed by atoms with Crippen LogP contribution in [0, 0.1) is 0 Å². The number of hydrogen-bond acceptors (Lipinski definition) is 3. The normalized spacial score (nSPS) is 12.0. The Hall–Kier alpha value is -7.56. The predicted octanol–water partition coefficient (Wildman–Crippen LogP) is 12.6. The fourth-order valence-corrected chi connectivity index (χ4v) is 8.54. The summed E-state index contributed by atoms with van der Waals surface area (Å²) < 4.78 is 14.0. The van der Waals surface area contributed by atoms with Crippen LogP contribution in [0.4, 0.5) is 17.1 Å². The molecule has 0 saturated heterocycles. The summed E-state index contributed by atoms with van der Waals surface area (Å²) in [6.07, 6.45) is 0. The number of nitrogens with zero attached hydrogens (tertiary/aromatic N) is 1. The molecule has 0 unspecified atom stereocenters. The van der Waals surface area contributed by atoms with Gasteiger partial charge in [0.05, 0.1) is 5.69 Å². The van der Waals surface area contributed by atoms with Gasteiger partial charge < -0.3 is 14.4 Å². The molecule has 2 aliphatic heterocycles. The Morgan fingerprint density at radius 1 is 0.276 bits per heavy atom. The second-order valence-corrected chi connectivity index (χ2v) is 14.9. The maximum atomic E-state index is 6.99. The molecule has 0 aliphatic carbocycles. The maximum Gasteiger partial charge on any atom is 0.260 e. The highest BCUT2D eigenvalue weighted by molar-refractivity contribution is 6.98. The first kappa shape index (κ1) is 33.8. The van der Waals surface area contributed by atoms with Crippen LogP contribution in [0.1, 0.15) is 0 Å². The zero-order chi connectivity index (χ0) is 38.4. The molecule has 0 aromatic heterocycles. The van der Waals surface area contributed by atoms with Gasteiger partial charge in [-0.05, 0) is 91.8 Å². The van der Waals surface area contributed by atoms with E-state index in [0.29, 0.717) is 0 Å². The Morgan fingerprint density at radius 3 is 1.00 bits per heavy atom. The van der Waals surface area contributed by atoms with Crippen molar-refractivity contribution in [2.24, 2.45) is 0 Å². The van der Waals surface area contributed by atoms with Crippen molar-refractivity contribution in [2.45, 2.75) is 0 Å². The lowest BCUT2D eigenvalue weighted by Gasteiger charge is -2.35. The Balaban J connectivity index is 1.04. The maximum absolute atomic E-state index is 6.99. The van der Waals surface area contributed by atoms with Gasteiger partial charge in [-0.3, -0.25) is 0 Å². The van der Waals surface area contributed by atoms with Gasteiger partial charge in [0.25, 0.3) is 6.71 Å². The molecule has 0 atom stereocenters. The molecular weight excluding hydrogens is 705 g/mol. The third-order valence-corrected chi connectivity index (χ3v) is 11.4. The molecule has 0 spiro atoms. The molecule has 4 heteroatoms. The second kappa shape index (κ2) is 14.2. The fraction of sp³-hybridized carbons (Fsp3) is 0. The average molecular weight is 742 g/mol. The minimum atomic E-state index is -0.0718. The molecule has 9 aromatic carbocycles. The Bertz CT molecular complexity index is 2720. The summed E-state index contributed by atoms with van der Waals surface area (Å²) in [4.78, 5) is 2.26. The van der Waals surface area contributed by atoms with E-state index < -0.39 is 0 Å². The number of ether oxygens (including phenoxy) is 2. The van der Waals surface area contributed by atoms with E-state index >= 15 is 0 Å².